The number of ether oxygens (including phenoxy) is 1. The lowest BCUT2D eigenvalue weighted by Gasteiger charge is -2.00. The number of esters is 1. The van der Waals surface area contributed by atoms with Crippen LogP contribution in [0.25, 0.3) is 5.65 Å². The molecule has 0 bridgehead atoms. The predicted molar refractivity (Wildman–Crippen MR) is 65.9 cm³/mol. The van der Waals surface area contributed by atoms with Gasteiger partial charge in [0.15, 0.2) is 11.3 Å². The normalized spacial score (nSPS) is 15.0. The molecule has 3 rings (SSSR count). The van der Waals surface area contributed by atoms with Gasteiger partial charge in [0, 0.05) is 5.56 Å². The number of nitrogens with zero attached hydrogens (tertiary/aromatic N) is 3. The molecule has 18 heavy (non-hydrogen) atoms. The molecule has 0 aromatic carbocycles. The van der Waals surface area contributed by atoms with E-state index in [0.717, 1.165) is 18.4 Å². The molecule has 0 N–H and O–H groups in total. The highest BCUT2D eigenvalue weighted by Gasteiger charge is 2.28. The van der Waals surface area contributed by atoms with Crippen LogP contribution in [0.1, 0.15) is 41.7 Å². The maximum absolute atomic E-state index is 11.6. The van der Waals surface area contributed by atoms with Gasteiger partial charge in [-0.3, -0.25) is 0 Å². The Balaban J connectivity index is 2.10. The molecule has 6 heteroatoms. The third-order valence-corrected chi connectivity index (χ3v) is 3.11. The van der Waals surface area contributed by atoms with Crippen molar-refractivity contribution in [2.75, 3.05) is 6.61 Å². The van der Waals surface area contributed by atoms with Crippen molar-refractivity contribution >= 4 is 23.2 Å². The molecule has 1 saturated carbocycles. The number of fused-ring (bicyclic) bond motifs is 1. The van der Waals surface area contributed by atoms with Crippen LogP contribution in [0.3, 0.4) is 0 Å². The minimum atomic E-state index is -0.430. The minimum absolute atomic E-state index is 0.272. The Kier molecular flexibility index (Phi) is 2.70. The maximum Gasteiger partial charge on any atom is 0.358 e. The number of rotatable bonds is 3. The maximum atomic E-state index is 11.6. The average Bonchev–Trinajstić information content (AvgIpc) is 3.08. The van der Waals surface area contributed by atoms with Gasteiger partial charge in [0.1, 0.15) is 5.15 Å². The highest BCUT2D eigenvalue weighted by atomic mass is 35.5. The van der Waals surface area contributed by atoms with Crippen molar-refractivity contribution in [2.24, 2.45) is 0 Å². The summed E-state index contributed by atoms with van der Waals surface area (Å²) in [5.41, 5.74) is 2.03. The van der Waals surface area contributed by atoms with Gasteiger partial charge in [0.05, 0.1) is 12.8 Å². The zero-order chi connectivity index (χ0) is 12.7. The molecule has 0 spiro atoms. The number of hydrogen-bond donors (Lipinski definition) is 0. The Labute approximate surface area is 109 Å². The standard InChI is InChI=1S/C12H12ClN3O2/c1-2-18-12(17)9-6-16-11(14-9)8(7-3-4-7)5-10(13)15-16/h5-7H,2-4H2,1H3. The van der Waals surface area contributed by atoms with E-state index in [9.17, 15) is 4.79 Å². The lowest BCUT2D eigenvalue weighted by Crippen LogP contribution is -2.04. The van der Waals surface area contributed by atoms with E-state index in [-0.39, 0.29) is 5.69 Å². The Morgan fingerprint density at radius 3 is 3.06 bits per heavy atom. The third-order valence-electron chi connectivity index (χ3n) is 2.93. The number of carbonyl (C=O) groups excluding carboxylic acids is 1. The Morgan fingerprint density at radius 2 is 2.39 bits per heavy atom. The molecular formula is C12H12ClN3O2. The van der Waals surface area contributed by atoms with Crippen LogP contribution in [-0.2, 0) is 4.74 Å². The van der Waals surface area contributed by atoms with Crippen LogP contribution in [0.4, 0.5) is 0 Å². The quantitative estimate of drug-likeness (QED) is 0.800. The number of hydrogen-bond acceptors (Lipinski definition) is 4. The van der Waals surface area contributed by atoms with Crippen LogP contribution in [0.5, 0.6) is 0 Å². The lowest BCUT2D eigenvalue weighted by atomic mass is 10.2. The van der Waals surface area contributed by atoms with Crippen molar-refractivity contribution in [3.05, 3.63) is 28.7 Å². The van der Waals surface area contributed by atoms with Gasteiger partial charge in [-0.2, -0.15) is 5.10 Å². The molecule has 94 valence electrons. The number of aromatic nitrogens is 3. The molecule has 2 aromatic heterocycles. The Morgan fingerprint density at radius 1 is 1.61 bits per heavy atom. The zero-order valence-corrected chi connectivity index (χ0v) is 10.6. The van der Waals surface area contributed by atoms with Crippen LogP contribution >= 0.6 is 11.6 Å². The molecule has 0 saturated heterocycles. The molecule has 2 heterocycles. The van der Waals surface area contributed by atoms with Gasteiger partial charge >= 0.3 is 5.97 Å². The molecule has 1 fully saturated rings. The molecule has 0 unspecified atom stereocenters. The molecule has 1 aliphatic rings. The van der Waals surface area contributed by atoms with Crippen LogP contribution in [-0.4, -0.2) is 27.2 Å². The molecule has 2 aromatic rings. The first-order chi connectivity index (χ1) is 8.69. The van der Waals surface area contributed by atoms with Gasteiger partial charge in [-0.25, -0.2) is 14.3 Å². The Bertz CT molecular complexity index is 619. The monoisotopic (exact) mass is 265 g/mol. The lowest BCUT2D eigenvalue weighted by molar-refractivity contribution is 0.0520. The summed E-state index contributed by atoms with van der Waals surface area (Å²) in [6.07, 6.45) is 3.83. The minimum Gasteiger partial charge on any atom is -0.461 e. The summed E-state index contributed by atoms with van der Waals surface area (Å²) < 4.78 is 6.49. The van der Waals surface area contributed by atoms with Gasteiger partial charge < -0.3 is 4.74 Å². The van der Waals surface area contributed by atoms with Crippen LogP contribution in [0.2, 0.25) is 5.15 Å². The molecule has 0 aliphatic heterocycles. The third kappa shape index (κ3) is 1.95. The molecular weight excluding hydrogens is 254 g/mol. The fourth-order valence-corrected chi connectivity index (χ4v) is 2.17. The second kappa shape index (κ2) is 4.24. The van der Waals surface area contributed by atoms with E-state index in [2.05, 4.69) is 10.1 Å². The summed E-state index contributed by atoms with van der Waals surface area (Å²) in [5.74, 6) is 0.0614. The molecule has 5 nitrogen and oxygen atoms in total. The van der Waals surface area contributed by atoms with Crippen molar-refractivity contribution in [3.63, 3.8) is 0 Å². The van der Waals surface area contributed by atoms with E-state index >= 15 is 0 Å². The van der Waals surface area contributed by atoms with E-state index in [4.69, 9.17) is 16.3 Å². The second-order valence-electron chi connectivity index (χ2n) is 4.31. The molecule has 0 radical (unpaired) electrons. The van der Waals surface area contributed by atoms with Crippen LogP contribution in [0.15, 0.2) is 12.3 Å². The van der Waals surface area contributed by atoms with Crippen molar-refractivity contribution in [2.45, 2.75) is 25.7 Å². The highest BCUT2D eigenvalue weighted by Crippen LogP contribution is 2.42. The summed E-state index contributed by atoms with van der Waals surface area (Å²) in [4.78, 5) is 15.9. The molecule has 0 atom stereocenters. The summed E-state index contributed by atoms with van der Waals surface area (Å²) in [6.45, 7) is 2.09. The van der Waals surface area contributed by atoms with Crippen LogP contribution in [0, 0.1) is 0 Å². The Hall–Kier alpha value is -1.62. The van der Waals surface area contributed by atoms with Gasteiger partial charge in [-0.05, 0) is 31.7 Å². The van der Waals surface area contributed by atoms with Crippen molar-refractivity contribution in [1.29, 1.82) is 0 Å². The summed E-state index contributed by atoms with van der Waals surface area (Å²) in [6, 6.07) is 1.83. The first kappa shape index (κ1) is 11.5. The fourth-order valence-electron chi connectivity index (χ4n) is 1.97. The van der Waals surface area contributed by atoms with Gasteiger partial charge in [0.25, 0.3) is 0 Å². The largest absolute Gasteiger partial charge is 0.461 e. The van der Waals surface area contributed by atoms with Gasteiger partial charge in [0.2, 0.25) is 0 Å². The summed E-state index contributed by atoms with van der Waals surface area (Å²) in [5, 5.41) is 4.54. The number of carbonyl (C=O) groups is 1. The van der Waals surface area contributed by atoms with Crippen molar-refractivity contribution < 1.29 is 9.53 Å². The number of halogens is 1. The fraction of sp³-hybridized carbons (Fsp3) is 0.417. The van der Waals surface area contributed by atoms with Crippen molar-refractivity contribution in [1.82, 2.24) is 14.6 Å². The van der Waals surface area contributed by atoms with Crippen molar-refractivity contribution in [3.8, 4) is 0 Å². The zero-order valence-electron chi connectivity index (χ0n) is 9.89. The van der Waals surface area contributed by atoms with E-state index in [1.807, 2.05) is 6.07 Å². The second-order valence-corrected chi connectivity index (χ2v) is 4.70. The average molecular weight is 266 g/mol. The van der Waals surface area contributed by atoms with E-state index in [0.29, 0.717) is 23.3 Å². The SMILES string of the molecule is CCOC(=O)c1cn2nc(Cl)cc(C3CC3)c2n1. The summed E-state index contributed by atoms with van der Waals surface area (Å²) >= 11 is 5.97. The van der Waals surface area contributed by atoms with Crippen LogP contribution < -0.4 is 0 Å². The first-order valence-electron chi connectivity index (χ1n) is 5.92. The van der Waals surface area contributed by atoms with E-state index in [1.165, 1.54) is 0 Å². The van der Waals surface area contributed by atoms with E-state index < -0.39 is 5.97 Å². The smallest absolute Gasteiger partial charge is 0.358 e. The number of imidazole rings is 1. The van der Waals surface area contributed by atoms with E-state index in [1.54, 1.807) is 17.6 Å². The van der Waals surface area contributed by atoms with Gasteiger partial charge in [-0.15, -0.1) is 0 Å². The highest BCUT2D eigenvalue weighted by molar-refractivity contribution is 6.29. The first-order valence-corrected chi connectivity index (χ1v) is 6.29. The van der Waals surface area contributed by atoms with Gasteiger partial charge in [-0.1, -0.05) is 11.6 Å². The predicted octanol–water partition coefficient (Wildman–Crippen LogP) is 2.44. The molecule has 0 amide bonds. The molecule has 1 aliphatic carbocycles. The summed E-state index contributed by atoms with van der Waals surface area (Å²) in [7, 11) is 0. The topological polar surface area (TPSA) is 56.5 Å².